The van der Waals surface area contributed by atoms with E-state index in [1.165, 1.54) is 116 Å². The van der Waals surface area contributed by atoms with Gasteiger partial charge in [0.25, 0.3) is 0 Å². The molecule has 0 saturated carbocycles. The molecule has 6 heteroatoms. The minimum absolute atomic E-state index is 0.0809. The molecule has 0 heterocycles. The molecule has 0 radical (unpaired) electrons. The molecule has 0 aromatic heterocycles. The van der Waals surface area contributed by atoms with Gasteiger partial charge in [-0.15, -0.1) is 0 Å². The molecule has 0 aromatic carbocycles. The number of allylic oxidation sites excluding steroid dienone is 16. The first-order valence-corrected chi connectivity index (χ1v) is 29.7. The number of esters is 3. The van der Waals surface area contributed by atoms with Crippen molar-refractivity contribution in [2.45, 2.75) is 284 Å². The lowest BCUT2D eigenvalue weighted by Crippen LogP contribution is -2.30. The van der Waals surface area contributed by atoms with Gasteiger partial charge in [-0.2, -0.15) is 0 Å². The second kappa shape index (κ2) is 58.9. The van der Waals surface area contributed by atoms with Crippen molar-refractivity contribution in [2.75, 3.05) is 13.2 Å². The fraction of sp³-hybridized carbons (Fsp3) is 0.708. The Morgan fingerprint density at radius 1 is 0.296 bits per heavy atom. The highest BCUT2D eigenvalue weighted by Crippen LogP contribution is 2.15. The van der Waals surface area contributed by atoms with Crippen molar-refractivity contribution < 1.29 is 28.6 Å². The molecule has 1 atom stereocenters. The molecule has 0 rings (SSSR count). The molecule has 0 bridgehead atoms. The molecule has 406 valence electrons. The summed E-state index contributed by atoms with van der Waals surface area (Å²) in [5, 5.41) is 0. The summed E-state index contributed by atoms with van der Waals surface area (Å²) in [7, 11) is 0. The smallest absolute Gasteiger partial charge is 0.306 e. The summed E-state index contributed by atoms with van der Waals surface area (Å²) >= 11 is 0. The number of ether oxygens (including phenoxy) is 3. The number of carbonyl (C=O) groups is 3. The maximum atomic E-state index is 12.8. The Bertz CT molecular complexity index is 1410. The highest BCUT2D eigenvalue weighted by molar-refractivity contribution is 5.71. The summed E-state index contributed by atoms with van der Waals surface area (Å²) in [5.41, 5.74) is 0. The normalized spacial score (nSPS) is 12.8. The van der Waals surface area contributed by atoms with E-state index < -0.39 is 6.10 Å². The average molecular weight is 988 g/mol. The molecular weight excluding hydrogens is 877 g/mol. The van der Waals surface area contributed by atoms with Crippen molar-refractivity contribution in [3.63, 3.8) is 0 Å². The fourth-order valence-corrected chi connectivity index (χ4v) is 8.12. The third kappa shape index (κ3) is 57.1. The summed E-state index contributed by atoms with van der Waals surface area (Å²) in [4.78, 5) is 37.9. The van der Waals surface area contributed by atoms with Gasteiger partial charge in [-0.25, -0.2) is 0 Å². The van der Waals surface area contributed by atoms with Gasteiger partial charge in [0.1, 0.15) is 13.2 Å². The van der Waals surface area contributed by atoms with Gasteiger partial charge in [0.15, 0.2) is 6.10 Å². The summed E-state index contributed by atoms with van der Waals surface area (Å²) < 4.78 is 16.8. The number of unbranched alkanes of at least 4 members (excludes halogenated alkanes) is 26. The lowest BCUT2D eigenvalue weighted by Gasteiger charge is -2.18. The van der Waals surface area contributed by atoms with Gasteiger partial charge in [-0.3, -0.25) is 14.4 Å². The average Bonchev–Trinajstić information content (AvgIpc) is 3.37. The predicted molar refractivity (Wildman–Crippen MR) is 307 cm³/mol. The Hall–Kier alpha value is -3.67. The summed E-state index contributed by atoms with van der Waals surface area (Å²) in [6.45, 7) is 6.47. The molecule has 0 aliphatic rings. The zero-order valence-electron chi connectivity index (χ0n) is 46.5. The summed E-state index contributed by atoms with van der Waals surface area (Å²) in [6, 6.07) is 0. The Morgan fingerprint density at radius 3 is 0.873 bits per heavy atom. The van der Waals surface area contributed by atoms with Crippen LogP contribution in [-0.4, -0.2) is 37.2 Å². The van der Waals surface area contributed by atoms with Crippen molar-refractivity contribution in [3.05, 3.63) is 97.2 Å². The lowest BCUT2D eigenvalue weighted by atomic mass is 10.1. The molecule has 1 unspecified atom stereocenters. The van der Waals surface area contributed by atoms with Gasteiger partial charge in [0.2, 0.25) is 0 Å². The molecule has 0 amide bonds. The van der Waals surface area contributed by atoms with Gasteiger partial charge in [0, 0.05) is 19.3 Å². The first kappa shape index (κ1) is 67.3. The highest BCUT2D eigenvalue weighted by Gasteiger charge is 2.19. The van der Waals surface area contributed by atoms with E-state index in [1.54, 1.807) is 0 Å². The molecule has 0 aliphatic carbocycles. The van der Waals surface area contributed by atoms with E-state index in [0.29, 0.717) is 19.3 Å². The molecule has 6 nitrogen and oxygen atoms in total. The van der Waals surface area contributed by atoms with Crippen molar-refractivity contribution in [2.24, 2.45) is 0 Å². The van der Waals surface area contributed by atoms with E-state index >= 15 is 0 Å². The largest absolute Gasteiger partial charge is 0.462 e. The summed E-state index contributed by atoms with van der Waals surface area (Å²) in [6.07, 6.45) is 78.6. The maximum absolute atomic E-state index is 12.8. The maximum Gasteiger partial charge on any atom is 0.306 e. The summed E-state index contributed by atoms with van der Waals surface area (Å²) in [5.74, 6) is -0.899. The van der Waals surface area contributed by atoms with Gasteiger partial charge >= 0.3 is 17.9 Å². The molecule has 0 fully saturated rings. The van der Waals surface area contributed by atoms with E-state index in [2.05, 4.69) is 118 Å². The zero-order valence-corrected chi connectivity index (χ0v) is 46.5. The van der Waals surface area contributed by atoms with Crippen LogP contribution in [-0.2, 0) is 28.6 Å². The van der Waals surface area contributed by atoms with Gasteiger partial charge in [-0.05, 0) is 103 Å². The Labute approximate surface area is 438 Å². The van der Waals surface area contributed by atoms with Gasteiger partial charge in [-0.1, -0.05) is 253 Å². The van der Waals surface area contributed by atoms with Crippen LogP contribution in [0.25, 0.3) is 0 Å². The lowest BCUT2D eigenvalue weighted by molar-refractivity contribution is -0.167. The van der Waals surface area contributed by atoms with Crippen LogP contribution in [0.15, 0.2) is 97.2 Å². The van der Waals surface area contributed by atoms with Crippen LogP contribution in [0.2, 0.25) is 0 Å². The third-order valence-electron chi connectivity index (χ3n) is 12.6. The molecule has 71 heavy (non-hydrogen) atoms. The van der Waals surface area contributed by atoms with Crippen LogP contribution >= 0.6 is 0 Å². The van der Waals surface area contributed by atoms with Crippen molar-refractivity contribution in [1.82, 2.24) is 0 Å². The number of rotatable bonds is 53. The first-order valence-electron chi connectivity index (χ1n) is 29.7. The second-order valence-corrected chi connectivity index (χ2v) is 19.5. The van der Waals surface area contributed by atoms with E-state index in [4.69, 9.17) is 14.2 Å². The van der Waals surface area contributed by atoms with Crippen molar-refractivity contribution >= 4 is 17.9 Å². The van der Waals surface area contributed by atoms with Gasteiger partial charge in [0.05, 0.1) is 0 Å². The van der Waals surface area contributed by atoms with Crippen LogP contribution in [0, 0.1) is 0 Å². The number of hydrogen-bond donors (Lipinski definition) is 0. The highest BCUT2D eigenvalue weighted by atomic mass is 16.6. The number of hydrogen-bond acceptors (Lipinski definition) is 6. The minimum atomic E-state index is -0.781. The van der Waals surface area contributed by atoms with Crippen molar-refractivity contribution in [3.8, 4) is 0 Å². The molecule has 0 saturated heterocycles. The molecule has 0 aliphatic heterocycles. The Morgan fingerprint density at radius 2 is 0.549 bits per heavy atom. The molecule has 0 aromatic rings. The van der Waals surface area contributed by atoms with Crippen molar-refractivity contribution in [1.29, 1.82) is 0 Å². The molecule has 0 spiro atoms. The zero-order chi connectivity index (χ0) is 51.4. The molecular formula is C65H110O6. The van der Waals surface area contributed by atoms with E-state index in [1.807, 2.05) is 0 Å². The van der Waals surface area contributed by atoms with Gasteiger partial charge < -0.3 is 14.2 Å². The van der Waals surface area contributed by atoms with Crippen LogP contribution in [0.1, 0.15) is 278 Å². The SMILES string of the molecule is CC/C=C\C/C=C\C/C=C\C/C=C\C/C=C\C/C=C\C/C=C\CCCCCCCCCCCC(=O)OCC(COC(=O)CCCCCCCCC)OC(=O)CCCCCCC/C=C\CCCCCCCC. The predicted octanol–water partition coefficient (Wildman–Crippen LogP) is 20.1. The monoisotopic (exact) mass is 987 g/mol. The minimum Gasteiger partial charge on any atom is -0.462 e. The standard InChI is InChI=1S/C65H110O6/c1-4-7-10-13-16-18-20-22-24-25-26-27-28-29-30-31-32-33-34-35-36-37-38-39-41-42-44-46-49-52-55-58-64(67)70-61-62(60-69-63(66)57-54-51-48-15-12-9-6-3)71-65(68)59-56-53-50-47-45-43-40-23-21-19-17-14-11-8-5-2/h7,10,16,18,22-24,26-27,29-30,32-33,35-36,40,62H,4-6,8-9,11-15,17,19-21,25,28,31,34,37-39,41-61H2,1-3H3/b10-7-,18-16-,24-22-,27-26-,30-29-,33-32-,36-35-,40-23-. The Kier molecular flexibility index (Phi) is 55.9. The van der Waals surface area contributed by atoms with E-state index in [0.717, 1.165) is 122 Å². The van der Waals surface area contributed by atoms with E-state index in [9.17, 15) is 14.4 Å². The quantitative estimate of drug-likeness (QED) is 0.0261. The van der Waals surface area contributed by atoms with Crippen LogP contribution in [0.5, 0.6) is 0 Å². The van der Waals surface area contributed by atoms with Crippen LogP contribution < -0.4 is 0 Å². The second-order valence-electron chi connectivity index (χ2n) is 19.5. The van der Waals surface area contributed by atoms with E-state index in [-0.39, 0.29) is 31.1 Å². The van der Waals surface area contributed by atoms with Crippen LogP contribution in [0.4, 0.5) is 0 Å². The van der Waals surface area contributed by atoms with Crippen LogP contribution in [0.3, 0.4) is 0 Å². The number of carbonyl (C=O) groups excluding carboxylic acids is 3. The fourth-order valence-electron chi connectivity index (χ4n) is 8.12. The third-order valence-corrected chi connectivity index (χ3v) is 12.6. The first-order chi connectivity index (χ1) is 35.0. The topological polar surface area (TPSA) is 78.9 Å². The Balaban J connectivity index is 4.14. The molecule has 0 N–H and O–H groups in total.